The van der Waals surface area contributed by atoms with E-state index in [0.717, 1.165) is 0 Å². The molecule has 6 heteroatoms. The fourth-order valence-electron chi connectivity index (χ4n) is 1.77. The molecule has 1 aromatic rings. The summed E-state index contributed by atoms with van der Waals surface area (Å²) < 4.78 is 26.7. The van der Waals surface area contributed by atoms with E-state index in [9.17, 15) is 13.5 Å². The fourth-order valence-corrected chi connectivity index (χ4v) is 3.06. The highest BCUT2D eigenvalue weighted by Gasteiger charge is 2.19. The lowest BCUT2D eigenvalue weighted by Crippen LogP contribution is -2.28. The van der Waals surface area contributed by atoms with Crippen LogP contribution < -0.4 is 9.62 Å². The molecular weight excluding hydrogens is 264 g/mol. The second-order valence-corrected chi connectivity index (χ2v) is 6.26. The molecule has 0 aliphatic rings. The quantitative estimate of drug-likeness (QED) is 0.790. The van der Waals surface area contributed by atoms with E-state index < -0.39 is 16.1 Å². The topological polar surface area (TPSA) is 69.6 Å². The van der Waals surface area contributed by atoms with Crippen LogP contribution in [0.15, 0.2) is 29.2 Å². The highest BCUT2D eigenvalue weighted by molar-refractivity contribution is 7.89. The van der Waals surface area contributed by atoms with Gasteiger partial charge in [0, 0.05) is 20.1 Å². The van der Waals surface area contributed by atoms with Crippen LogP contribution >= 0.6 is 0 Å². The molecule has 0 radical (unpaired) electrons. The first-order valence-electron chi connectivity index (χ1n) is 6.36. The molecule has 0 heterocycles. The lowest BCUT2D eigenvalue weighted by molar-refractivity contribution is 0.187. The van der Waals surface area contributed by atoms with Gasteiger partial charge in [-0.05, 0) is 25.5 Å². The highest BCUT2D eigenvalue weighted by Crippen LogP contribution is 2.24. The number of nitrogens with one attached hydrogen (secondary N) is 1. The third-order valence-corrected chi connectivity index (χ3v) is 4.38. The van der Waals surface area contributed by atoms with Gasteiger partial charge in [-0.3, -0.25) is 0 Å². The Morgan fingerprint density at radius 1 is 1.37 bits per heavy atom. The number of hydrogen-bond acceptors (Lipinski definition) is 4. The minimum atomic E-state index is -3.48. The van der Waals surface area contributed by atoms with Crippen LogP contribution in [0.4, 0.5) is 5.69 Å². The number of benzene rings is 1. The molecule has 0 bridgehead atoms. The summed E-state index contributed by atoms with van der Waals surface area (Å²) in [4.78, 5) is 2.11. The number of aliphatic hydroxyl groups is 1. The average molecular weight is 286 g/mol. The molecule has 0 spiro atoms. The van der Waals surface area contributed by atoms with Gasteiger partial charge in [-0.25, -0.2) is 13.1 Å². The summed E-state index contributed by atoms with van der Waals surface area (Å²) in [5.74, 6) is 0. The standard InChI is InChI=1S/C13H22N2O3S/c1-4-14-19(17,18)13-8-6-5-7-12(13)15(3)10-9-11(2)16/h5-8,11,14,16H,4,9-10H2,1-3H3. The third kappa shape index (κ3) is 4.49. The van der Waals surface area contributed by atoms with Crippen molar-refractivity contribution in [1.29, 1.82) is 0 Å². The molecule has 0 fully saturated rings. The summed E-state index contributed by atoms with van der Waals surface area (Å²) in [5.41, 5.74) is 0.643. The molecular formula is C13H22N2O3S. The first kappa shape index (κ1) is 15.9. The molecule has 0 saturated heterocycles. The molecule has 0 aliphatic carbocycles. The van der Waals surface area contributed by atoms with Crippen molar-refractivity contribution in [2.45, 2.75) is 31.3 Å². The number of para-hydroxylation sites is 1. The van der Waals surface area contributed by atoms with Crippen LogP contribution in [0.25, 0.3) is 0 Å². The normalized spacial score (nSPS) is 13.3. The number of sulfonamides is 1. The van der Waals surface area contributed by atoms with Gasteiger partial charge in [0.1, 0.15) is 4.90 Å². The van der Waals surface area contributed by atoms with Gasteiger partial charge in [-0.15, -0.1) is 0 Å². The Balaban J connectivity index is 3.02. The molecule has 1 rings (SSSR count). The summed E-state index contributed by atoms with van der Waals surface area (Å²) >= 11 is 0. The molecule has 0 aliphatic heterocycles. The lowest BCUT2D eigenvalue weighted by Gasteiger charge is -2.23. The summed E-state index contributed by atoms with van der Waals surface area (Å²) in [6, 6.07) is 6.87. The SMILES string of the molecule is CCNS(=O)(=O)c1ccccc1N(C)CCC(C)O. The van der Waals surface area contributed by atoms with Crippen LogP contribution in [0.3, 0.4) is 0 Å². The van der Waals surface area contributed by atoms with Crippen molar-refractivity contribution < 1.29 is 13.5 Å². The van der Waals surface area contributed by atoms with Crippen molar-refractivity contribution in [3.05, 3.63) is 24.3 Å². The maximum atomic E-state index is 12.1. The van der Waals surface area contributed by atoms with Gasteiger partial charge < -0.3 is 10.0 Å². The van der Waals surface area contributed by atoms with Gasteiger partial charge in [-0.2, -0.15) is 0 Å². The molecule has 0 amide bonds. The first-order chi connectivity index (χ1) is 8.88. The van der Waals surface area contributed by atoms with Crippen molar-refractivity contribution in [3.63, 3.8) is 0 Å². The zero-order valence-electron chi connectivity index (χ0n) is 11.6. The number of rotatable bonds is 7. The Morgan fingerprint density at radius 3 is 2.58 bits per heavy atom. The van der Waals surface area contributed by atoms with Crippen LogP contribution in [0.1, 0.15) is 20.3 Å². The Morgan fingerprint density at radius 2 is 2.00 bits per heavy atom. The smallest absolute Gasteiger partial charge is 0.242 e. The maximum absolute atomic E-state index is 12.1. The number of aliphatic hydroxyl groups excluding tert-OH is 1. The van der Waals surface area contributed by atoms with E-state index in [-0.39, 0.29) is 4.90 Å². The molecule has 1 unspecified atom stereocenters. The molecule has 0 aromatic heterocycles. The first-order valence-corrected chi connectivity index (χ1v) is 7.84. The van der Waals surface area contributed by atoms with Crippen LogP contribution in [0.5, 0.6) is 0 Å². The van der Waals surface area contributed by atoms with E-state index in [2.05, 4.69) is 4.72 Å². The maximum Gasteiger partial charge on any atom is 0.242 e. The summed E-state index contributed by atoms with van der Waals surface area (Å²) in [6.07, 6.45) is 0.187. The summed E-state index contributed by atoms with van der Waals surface area (Å²) in [7, 11) is -1.66. The van der Waals surface area contributed by atoms with Crippen molar-refractivity contribution in [2.24, 2.45) is 0 Å². The Labute approximate surface area is 115 Å². The highest BCUT2D eigenvalue weighted by atomic mass is 32.2. The van der Waals surface area contributed by atoms with Crippen LogP contribution in [0.2, 0.25) is 0 Å². The second-order valence-electron chi connectivity index (χ2n) is 4.53. The molecule has 19 heavy (non-hydrogen) atoms. The Bertz CT molecular complexity index is 500. The van der Waals surface area contributed by atoms with E-state index in [4.69, 9.17) is 0 Å². The van der Waals surface area contributed by atoms with Crippen molar-refractivity contribution in [1.82, 2.24) is 4.72 Å². The van der Waals surface area contributed by atoms with Gasteiger partial charge in [-0.1, -0.05) is 19.1 Å². The van der Waals surface area contributed by atoms with Gasteiger partial charge in [0.15, 0.2) is 0 Å². The average Bonchev–Trinajstić information content (AvgIpc) is 2.36. The minimum absolute atomic E-state index is 0.268. The molecule has 0 saturated carbocycles. The van der Waals surface area contributed by atoms with Gasteiger partial charge >= 0.3 is 0 Å². The lowest BCUT2D eigenvalue weighted by atomic mass is 10.2. The summed E-state index contributed by atoms with van der Waals surface area (Å²) in [6.45, 7) is 4.41. The van der Waals surface area contributed by atoms with Crippen molar-refractivity contribution in [2.75, 3.05) is 25.0 Å². The van der Waals surface area contributed by atoms with Gasteiger partial charge in [0.25, 0.3) is 0 Å². The van der Waals surface area contributed by atoms with Crippen LogP contribution in [-0.4, -0.2) is 39.8 Å². The third-order valence-electron chi connectivity index (χ3n) is 2.78. The van der Waals surface area contributed by atoms with Crippen LogP contribution in [-0.2, 0) is 10.0 Å². The molecule has 1 atom stereocenters. The van der Waals surface area contributed by atoms with Crippen molar-refractivity contribution >= 4 is 15.7 Å². The van der Waals surface area contributed by atoms with Gasteiger partial charge in [0.05, 0.1) is 11.8 Å². The zero-order valence-corrected chi connectivity index (χ0v) is 12.4. The Hall–Kier alpha value is -1.11. The fraction of sp³-hybridized carbons (Fsp3) is 0.538. The number of anilines is 1. The van der Waals surface area contributed by atoms with E-state index in [0.29, 0.717) is 25.2 Å². The predicted octanol–water partition coefficient (Wildman–Crippen LogP) is 1.19. The van der Waals surface area contributed by atoms with E-state index in [1.165, 1.54) is 0 Å². The zero-order chi connectivity index (χ0) is 14.5. The van der Waals surface area contributed by atoms with E-state index in [1.807, 2.05) is 11.9 Å². The minimum Gasteiger partial charge on any atom is -0.393 e. The molecule has 5 nitrogen and oxygen atoms in total. The monoisotopic (exact) mass is 286 g/mol. The van der Waals surface area contributed by atoms with Gasteiger partial charge in [0.2, 0.25) is 10.0 Å². The molecule has 2 N–H and O–H groups in total. The predicted molar refractivity (Wildman–Crippen MR) is 76.9 cm³/mol. The number of hydrogen-bond donors (Lipinski definition) is 2. The van der Waals surface area contributed by atoms with Crippen LogP contribution in [0, 0.1) is 0 Å². The molecule has 1 aromatic carbocycles. The largest absolute Gasteiger partial charge is 0.393 e. The van der Waals surface area contributed by atoms with E-state index in [1.54, 1.807) is 38.1 Å². The Kier molecular flexibility index (Phi) is 5.78. The van der Waals surface area contributed by atoms with E-state index >= 15 is 0 Å². The molecule has 108 valence electrons. The van der Waals surface area contributed by atoms with Crippen molar-refractivity contribution in [3.8, 4) is 0 Å². The summed E-state index contributed by atoms with van der Waals surface area (Å²) in [5, 5.41) is 9.30. The number of nitrogens with zero attached hydrogens (tertiary/aromatic N) is 1. The second kappa shape index (κ2) is 6.88.